The van der Waals surface area contributed by atoms with Crippen LogP contribution in [0.2, 0.25) is 4.34 Å². The molecule has 0 aliphatic carbocycles. The maximum absolute atomic E-state index is 13.1. The van der Waals surface area contributed by atoms with Crippen LogP contribution in [0.3, 0.4) is 0 Å². The molecule has 4 aromatic rings. The Bertz CT molecular complexity index is 1580. The molecule has 1 aliphatic rings. The molecule has 0 fully saturated rings. The minimum absolute atomic E-state index is 0.114. The third kappa shape index (κ3) is 7.20. The van der Waals surface area contributed by atoms with E-state index >= 15 is 0 Å². The fraction of sp³-hybridized carbons (Fsp3) is 0.179. The Morgan fingerprint density at radius 1 is 1.10 bits per heavy atom. The number of alkyl halides is 3. The summed E-state index contributed by atoms with van der Waals surface area (Å²) >= 11 is 7.19. The minimum atomic E-state index is -4.45. The molecule has 2 unspecified atom stereocenters. The molecule has 0 saturated heterocycles. The Hall–Kier alpha value is -3.58. The first-order valence-electron chi connectivity index (χ1n) is 12.4. The van der Waals surface area contributed by atoms with E-state index in [1.165, 1.54) is 23.5 Å². The molecule has 41 heavy (non-hydrogen) atoms. The molecule has 212 valence electrons. The standard InChI is InChI=1S/C28H23ClF3N5O2S2/c29-24-10-11-26(40-24)41(39)37-13-3-5-23(37)27(38)35-16-18-14-22(19-6-8-20(9-7-19)28(30,31)32)36-25(15-18)34-17-21-4-1-2-12-33-21/h1-12,14-15,23H,13,16-17H2,(H,34,36)(H,35,38). The molecule has 4 heterocycles. The van der Waals surface area contributed by atoms with E-state index in [0.717, 1.165) is 17.8 Å². The Labute approximate surface area is 245 Å². The first-order valence-corrected chi connectivity index (χ1v) is 14.7. The van der Waals surface area contributed by atoms with Crippen molar-refractivity contribution >= 4 is 45.6 Å². The van der Waals surface area contributed by atoms with Crippen LogP contribution in [0.25, 0.3) is 11.3 Å². The lowest BCUT2D eigenvalue weighted by molar-refractivity contribution is -0.137. The summed E-state index contributed by atoms with van der Waals surface area (Å²) in [5.41, 5.74) is 1.62. The normalized spacial score (nSPS) is 16.0. The Morgan fingerprint density at radius 2 is 1.90 bits per heavy atom. The number of hydrogen-bond donors (Lipinski definition) is 2. The van der Waals surface area contributed by atoms with Crippen LogP contribution in [0, 0.1) is 0 Å². The van der Waals surface area contributed by atoms with Crippen LogP contribution in [0.15, 0.2) is 89.3 Å². The fourth-order valence-electron chi connectivity index (χ4n) is 4.13. The lowest BCUT2D eigenvalue weighted by Gasteiger charge is -2.21. The molecule has 3 aromatic heterocycles. The number of nitrogens with one attached hydrogen (secondary N) is 2. The number of amides is 1. The maximum Gasteiger partial charge on any atom is 0.416 e. The predicted octanol–water partition coefficient (Wildman–Crippen LogP) is 6.07. The molecule has 13 heteroatoms. The van der Waals surface area contributed by atoms with Crippen LogP contribution in [-0.4, -0.2) is 37.0 Å². The van der Waals surface area contributed by atoms with Crippen LogP contribution < -0.4 is 10.6 Å². The second-order valence-corrected chi connectivity index (χ2v) is 12.4. The average Bonchev–Trinajstić information content (AvgIpc) is 3.64. The zero-order valence-electron chi connectivity index (χ0n) is 21.3. The first kappa shape index (κ1) is 28.9. The van der Waals surface area contributed by atoms with Crippen LogP contribution in [-0.2, 0) is 35.0 Å². The third-order valence-corrected chi connectivity index (χ3v) is 9.14. The molecule has 5 rings (SSSR count). The second kappa shape index (κ2) is 12.5. The summed E-state index contributed by atoms with van der Waals surface area (Å²) in [6, 6.07) is 16.3. The SMILES string of the molecule is O=C(NCc1cc(NCc2ccccn2)nc(-c2ccc(C(F)(F)F)cc2)c1)C1C=CCN1S(=O)c1ccc(Cl)s1. The highest BCUT2D eigenvalue weighted by molar-refractivity contribution is 7.85. The number of benzene rings is 1. The van der Waals surface area contributed by atoms with E-state index in [-0.39, 0.29) is 12.5 Å². The van der Waals surface area contributed by atoms with Crippen molar-refractivity contribution < 1.29 is 22.2 Å². The van der Waals surface area contributed by atoms with E-state index < -0.39 is 28.8 Å². The molecule has 2 N–H and O–H groups in total. The quantitative estimate of drug-likeness (QED) is 0.223. The molecule has 1 amide bonds. The monoisotopic (exact) mass is 617 g/mol. The van der Waals surface area contributed by atoms with Crippen molar-refractivity contribution in [3.05, 3.63) is 106 Å². The van der Waals surface area contributed by atoms with Gasteiger partial charge in [0.05, 0.1) is 27.8 Å². The summed E-state index contributed by atoms with van der Waals surface area (Å²) in [6.45, 7) is 0.828. The van der Waals surface area contributed by atoms with Gasteiger partial charge in [-0.1, -0.05) is 42.0 Å². The zero-order chi connectivity index (χ0) is 29.0. The van der Waals surface area contributed by atoms with Crippen molar-refractivity contribution in [2.45, 2.75) is 29.5 Å². The fourth-order valence-corrected chi connectivity index (χ4v) is 6.90. The van der Waals surface area contributed by atoms with Crippen molar-refractivity contribution in [2.75, 3.05) is 11.9 Å². The van der Waals surface area contributed by atoms with Gasteiger partial charge in [0.25, 0.3) is 0 Å². The number of anilines is 1. The summed E-state index contributed by atoms with van der Waals surface area (Å²) in [4.78, 5) is 22.0. The number of halogens is 4. The van der Waals surface area contributed by atoms with E-state index in [9.17, 15) is 22.2 Å². The van der Waals surface area contributed by atoms with Crippen LogP contribution >= 0.6 is 22.9 Å². The van der Waals surface area contributed by atoms with E-state index in [1.807, 2.05) is 12.1 Å². The van der Waals surface area contributed by atoms with Gasteiger partial charge in [-0.2, -0.15) is 17.5 Å². The van der Waals surface area contributed by atoms with E-state index in [0.29, 0.717) is 44.3 Å². The van der Waals surface area contributed by atoms with Gasteiger partial charge in [0.2, 0.25) is 5.91 Å². The van der Waals surface area contributed by atoms with Gasteiger partial charge in [-0.3, -0.25) is 9.78 Å². The van der Waals surface area contributed by atoms with Gasteiger partial charge in [-0.25, -0.2) is 9.19 Å². The number of nitrogens with zero attached hydrogens (tertiary/aromatic N) is 3. The summed E-state index contributed by atoms with van der Waals surface area (Å²) in [7, 11) is -1.56. The number of rotatable bonds is 9. The van der Waals surface area contributed by atoms with Gasteiger partial charge in [0.15, 0.2) is 0 Å². The number of hydrogen-bond acceptors (Lipinski definition) is 6. The minimum Gasteiger partial charge on any atom is -0.364 e. The lowest BCUT2D eigenvalue weighted by atomic mass is 10.1. The van der Waals surface area contributed by atoms with Crippen molar-refractivity contribution in [1.29, 1.82) is 0 Å². The highest BCUT2D eigenvalue weighted by atomic mass is 35.5. The summed E-state index contributed by atoms with van der Waals surface area (Å²) in [5.74, 6) is 0.126. The van der Waals surface area contributed by atoms with Crippen LogP contribution in [0.5, 0.6) is 0 Å². The third-order valence-electron chi connectivity index (χ3n) is 6.15. The highest BCUT2D eigenvalue weighted by Crippen LogP contribution is 2.31. The van der Waals surface area contributed by atoms with Crippen molar-refractivity contribution in [3.63, 3.8) is 0 Å². The number of aromatic nitrogens is 2. The maximum atomic E-state index is 13.1. The van der Waals surface area contributed by atoms with Gasteiger partial charge in [0, 0.05) is 24.8 Å². The van der Waals surface area contributed by atoms with Gasteiger partial charge in [0.1, 0.15) is 27.1 Å². The van der Waals surface area contributed by atoms with E-state index in [2.05, 4.69) is 20.6 Å². The highest BCUT2D eigenvalue weighted by Gasteiger charge is 2.32. The van der Waals surface area contributed by atoms with E-state index in [1.54, 1.807) is 53.0 Å². The lowest BCUT2D eigenvalue weighted by Crippen LogP contribution is -2.43. The van der Waals surface area contributed by atoms with Crippen molar-refractivity contribution in [3.8, 4) is 11.3 Å². The van der Waals surface area contributed by atoms with E-state index in [4.69, 9.17) is 11.6 Å². The average molecular weight is 618 g/mol. The molecular weight excluding hydrogens is 595 g/mol. The number of thiophene rings is 1. The molecule has 2 atom stereocenters. The smallest absolute Gasteiger partial charge is 0.364 e. The van der Waals surface area contributed by atoms with Crippen LogP contribution in [0.4, 0.5) is 19.0 Å². The molecule has 1 aromatic carbocycles. The topological polar surface area (TPSA) is 87.2 Å². The first-order chi connectivity index (χ1) is 19.7. The second-order valence-electron chi connectivity index (χ2n) is 8.99. The molecule has 0 bridgehead atoms. The molecule has 0 saturated carbocycles. The van der Waals surface area contributed by atoms with Gasteiger partial charge in [-0.05, 0) is 54.1 Å². The largest absolute Gasteiger partial charge is 0.416 e. The Kier molecular flexibility index (Phi) is 8.83. The molecular formula is C28H23ClF3N5O2S2. The van der Waals surface area contributed by atoms with Gasteiger partial charge in [-0.15, -0.1) is 11.3 Å². The molecule has 0 radical (unpaired) electrons. The zero-order valence-corrected chi connectivity index (χ0v) is 23.7. The predicted molar refractivity (Wildman–Crippen MR) is 153 cm³/mol. The summed E-state index contributed by atoms with van der Waals surface area (Å²) in [5, 5.41) is 6.08. The molecule has 0 spiro atoms. The Morgan fingerprint density at radius 3 is 2.59 bits per heavy atom. The number of pyridine rings is 2. The van der Waals surface area contributed by atoms with Gasteiger partial charge >= 0.3 is 6.18 Å². The van der Waals surface area contributed by atoms with Crippen molar-refractivity contribution in [2.24, 2.45) is 0 Å². The van der Waals surface area contributed by atoms with Gasteiger partial charge < -0.3 is 10.6 Å². The summed E-state index contributed by atoms with van der Waals surface area (Å²) in [6.07, 6.45) is 0.703. The Balaban J connectivity index is 1.34. The number of carbonyl (C=O) groups is 1. The number of carbonyl (C=O) groups excluding carboxylic acids is 1. The van der Waals surface area contributed by atoms with Crippen molar-refractivity contribution in [1.82, 2.24) is 19.6 Å². The molecule has 7 nitrogen and oxygen atoms in total. The van der Waals surface area contributed by atoms with Crippen LogP contribution in [0.1, 0.15) is 16.8 Å². The molecule has 1 aliphatic heterocycles. The summed E-state index contributed by atoms with van der Waals surface area (Å²) < 4.78 is 54.9.